The molecule has 33 heavy (non-hydrogen) atoms. The van der Waals surface area contributed by atoms with Crippen LogP contribution in [0.1, 0.15) is 43.3 Å². The van der Waals surface area contributed by atoms with Crippen LogP contribution in [0.3, 0.4) is 0 Å². The number of nitrogens with zero attached hydrogens (tertiary/aromatic N) is 5. The molecule has 2 heterocycles. The van der Waals surface area contributed by atoms with Gasteiger partial charge in [0.2, 0.25) is 11.7 Å². The van der Waals surface area contributed by atoms with E-state index in [4.69, 9.17) is 16.0 Å². The summed E-state index contributed by atoms with van der Waals surface area (Å²) in [5.41, 5.74) is 1.71. The summed E-state index contributed by atoms with van der Waals surface area (Å²) in [4.78, 5) is 12.7. The van der Waals surface area contributed by atoms with Gasteiger partial charge in [-0.25, -0.2) is 0 Å². The number of hydrogen-bond donors (Lipinski definition) is 0. The minimum atomic E-state index is -0.247. The quantitative estimate of drug-likeness (QED) is 0.143. The normalized spacial score (nSPS) is 11.1. The summed E-state index contributed by atoms with van der Waals surface area (Å²) in [6, 6.07) is 16.9. The lowest BCUT2D eigenvalue weighted by atomic mass is 10.2. The van der Waals surface area contributed by atoms with Crippen molar-refractivity contribution >= 4 is 29.1 Å². The van der Waals surface area contributed by atoms with Crippen LogP contribution in [0.15, 0.2) is 64.2 Å². The van der Waals surface area contributed by atoms with Gasteiger partial charge in [0.15, 0.2) is 11.0 Å². The van der Waals surface area contributed by atoms with Crippen molar-refractivity contribution in [2.45, 2.75) is 44.3 Å². The third-order valence-corrected chi connectivity index (χ3v) is 6.29. The summed E-state index contributed by atoms with van der Waals surface area (Å²) in [6.45, 7) is 2.96. The molecular weight excluding hydrogens is 458 g/mol. The largest absolute Gasteiger partial charge is 0.414 e. The van der Waals surface area contributed by atoms with E-state index < -0.39 is 0 Å². The number of benzene rings is 2. The second kappa shape index (κ2) is 11.2. The van der Waals surface area contributed by atoms with Crippen molar-refractivity contribution in [2.75, 3.05) is 5.75 Å². The Balaban J connectivity index is 1.48. The van der Waals surface area contributed by atoms with E-state index in [9.17, 15) is 4.79 Å². The molecule has 0 radical (unpaired) electrons. The molecule has 0 aliphatic heterocycles. The Morgan fingerprint density at radius 3 is 2.48 bits per heavy atom. The Labute approximate surface area is 201 Å². The molecule has 0 N–H and O–H groups in total. The molecule has 0 aliphatic rings. The van der Waals surface area contributed by atoms with Crippen LogP contribution in [-0.4, -0.2) is 36.5 Å². The number of halogens is 1. The van der Waals surface area contributed by atoms with Crippen LogP contribution in [0.25, 0.3) is 22.8 Å². The van der Waals surface area contributed by atoms with Gasteiger partial charge < -0.3 is 8.98 Å². The summed E-state index contributed by atoms with van der Waals surface area (Å²) >= 11 is 7.37. The fourth-order valence-electron chi connectivity index (χ4n) is 3.33. The Morgan fingerprint density at radius 1 is 0.939 bits per heavy atom. The van der Waals surface area contributed by atoms with Crippen LogP contribution in [0.2, 0.25) is 5.02 Å². The molecular formula is C24H24ClN5O2S. The van der Waals surface area contributed by atoms with Gasteiger partial charge in [-0.3, -0.25) is 4.79 Å². The topological polar surface area (TPSA) is 86.7 Å². The average molecular weight is 482 g/mol. The first-order chi connectivity index (χ1) is 16.2. The SMILES string of the molecule is CCCCCCn1c(SCC(=O)c2nnc(-c3ccccc3)o2)nnc1-c1ccc(Cl)cc1. The molecule has 0 atom stereocenters. The van der Waals surface area contributed by atoms with Crippen LogP contribution in [0.5, 0.6) is 0 Å². The fraction of sp³-hybridized carbons (Fsp3) is 0.292. The van der Waals surface area contributed by atoms with E-state index >= 15 is 0 Å². The highest BCUT2D eigenvalue weighted by Gasteiger charge is 2.19. The Kier molecular flexibility index (Phi) is 7.91. The third kappa shape index (κ3) is 5.89. The maximum Gasteiger partial charge on any atom is 0.285 e. The van der Waals surface area contributed by atoms with Crippen molar-refractivity contribution < 1.29 is 9.21 Å². The minimum Gasteiger partial charge on any atom is -0.414 e. The van der Waals surface area contributed by atoms with E-state index in [2.05, 4.69) is 31.9 Å². The maximum atomic E-state index is 12.7. The Morgan fingerprint density at radius 2 is 1.73 bits per heavy atom. The fourth-order valence-corrected chi connectivity index (χ4v) is 4.27. The van der Waals surface area contributed by atoms with Gasteiger partial charge in [-0.15, -0.1) is 20.4 Å². The third-order valence-electron chi connectivity index (χ3n) is 5.07. The lowest BCUT2D eigenvalue weighted by Gasteiger charge is -2.10. The summed E-state index contributed by atoms with van der Waals surface area (Å²) in [5, 5.41) is 18.0. The zero-order valence-corrected chi connectivity index (χ0v) is 19.8. The van der Waals surface area contributed by atoms with E-state index in [1.165, 1.54) is 18.2 Å². The molecule has 7 nitrogen and oxygen atoms in total. The number of carbonyl (C=O) groups excluding carboxylic acids is 1. The highest BCUT2D eigenvalue weighted by molar-refractivity contribution is 7.99. The average Bonchev–Trinajstić information content (AvgIpc) is 3.49. The number of rotatable bonds is 11. The number of ketones is 1. The van der Waals surface area contributed by atoms with Gasteiger partial charge in [-0.05, 0) is 42.8 Å². The van der Waals surface area contributed by atoms with E-state index in [1.54, 1.807) is 0 Å². The van der Waals surface area contributed by atoms with Crippen LogP contribution < -0.4 is 0 Å². The van der Waals surface area contributed by atoms with Crippen molar-refractivity contribution in [2.24, 2.45) is 0 Å². The van der Waals surface area contributed by atoms with Crippen LogP contribution in [-0.2, 0) is 6.54 Å². The number of thioether (sulfide) groups is 1. The Bertz CT molecular complexity index is 1190. The van der Waals surface area contributed by atoms with E-state index in [0.29, 0.717) is 16.1 Å². The maximum absolute atomic E-state index is 12.7. The van der Waals surface area contributed by atoms with Crippen molar-refractivity contribution in [1.29, 1.82) is 0 Å². The molecule has 9 heteroatoms. The summed E-state index contributed by atoms with van der Waals surface area (Å²) < 4.78 is 7.66. The highest BCUT2D eigenvalue weighted by Crippen LogP contribution is 2.27. The molecule has 0 saturated heterocycles. The number of aromatic nitrogens is 5. The number of Topliss-reactive ketones (excluding diaryl/α,β-unsaturated/α-hetero) is 1. The predicted molar refractivity (Wildman–Crippen MR) is 129 cm³/mol. The van der Waals surface area contributed by atoms with Gasteiger partial charge in [0.25, 0.3) is 5.89 Å². The first kappa shape index (κ1) is 23.2. The van der Waals surface area contributed by atoms with Gasteiger partial charge in [0, 0.05) is 22.7 Å². The predicted octanol–water partition coefficient (Wildman–Crippen LogP) is 6.20. The first-order valence-electron chi connectivity index (χ1n) is 10.9. The van der Waals surface area contributed by atoms with E-state index in [0.717, 1.165) is 42.8 Å². The van der Waals surface area contributed by atoms with E-state index in [1.807, 2.05) is 54.6 Å². The zero-order valence-electron chi connectivity index (χ0n) is 18.3. The lowest BCUT2D eigenvalue weighted by molar-refractivity contribution is 0.0986. The monoisotopic (exact) mass is 481 g/mol. The second-order valence-electron chi connectivity index (χ2n) is 7.52. The molecule has 4 rings (SSSR count). The van der Waals surface area contributed by atoms with Crippen molar-refractivity contribution in [3.05, 3.63) is 65.5 Å². The van der Waals surface area contributed by atoms with Gasteiger partial charge in [-0.2, -0.15) is 0 Å². The highest BCUT2D eigenvalue weighted by atomic mass is 35.5. The van der Waals surface area contributed by atoms with Crippen LogP contribution >= 0.6 is 23.4 Å². The molecule has 0 unspecified atom stereocenters. The van der Waals surface area contributed by atoms with Crippen LogP contribution in [0.4, 0.5) is 0 Å². The van der Waals surface area contributed by atoms with Crippen molar-refractivity contribution in [3.8, 4) is 22.8 Å². The van der Waals surface area contributed by atoms with Gasteiger partial charge in [0.1, 0.15) is 0 Å². The molecule has 0 fully saturated rings. The molecule has 0 saturated carbocycles. The minimum absolute atomic E-state index is 0.00621. The van der Waals surface area contributed by atoms with Gasteiger partial charge in [-0.1, -0.05) is 67.7 Å². The molecule has 4 aromatic rings. The zero-order chi connectivity index (χ0) is 23.0. The second-order valence-corrected chi connectivity index (χ2v) is 8.89. The molecule has 2 aromatic heterocycles. The molecule has 170 valence electrons. The molecule has 2 aromatic carbocycles. The summed E-state index contributed by atoms with van der Waals surface area (Å²) in [7, 11) is 0. The van der Waals surface area contributed by atoms with Crippen LogP contribution in [0, 0.1) is 0 Å². The first-order valence-corrected chi connectivity index (χ1v) is 12.3. The standard InChI is InChI=1S/C24H24ClN5O2S/c1-2-3-4-8-15-30-21(17-11-13-19(25)14-12-17)26-29-24(30)33-16-20(31)23-28-27-22(32-23)18-9-6-5-7-10-18/h5-7,9-14H,2-4,8,15-16H2,1H3. The summed E-state index contributed by atoms with van der Waals surface area (Å²) in [6.07, 6.45) is 4.48. The van der Waals surface area contributed by atoms with Crippen molar-refractivity contribution in [3.63, 3.8) is 0 Å². The molecule has 0 spiro atoms. The summed E-state index contributed by atoms with van der Waals surface area (Å²) in [5.74, 6) is 0.969. The van der Waals surface area contributed by atoms with Crippen molar-refractivity contribution in [1.82, 2.24) is 25.0 Å². The van der Waals surface area contributed by atoms with E-state index in [-0.39, 0.29) is 17.4 Å². The smallest absolute Gasteiger partial charge is 0.285 e. The molecule has 0 aliphatic carbocycles. The molecule has 0 amide bonds. The van der Waals surface area contributed by atoms with Gasteiger partial charge >= 0.3 is 0 Å². The molecule has 0 bridgehead atoms. The number of carbonyl (C=O) groups is 1. The Hall–Kier alpha value is -2.97. The lowest BCUT2D eigenvalue weighted by Crippen LogP contribution is -2.07. The number of hydrogen-bond acceptors (Lipinski definition) is 7. The number of unbranched alkanes of at least 4 members (excludes halogenated alkanes) is 3. The van der Waals surface area contributed by atoms with Gasteiger partial charge in [0.05, 0.1) is 5.75 Å².